The Hall–Kier alpha value is -1.31. The minimum absolute atomic E-state index is 0.228. The van der Waals surface area contributed by atoms with E-state index in [2.05, 4.69) is 13.8 Å². The summed E-state index contributed by atoms with van der Waals surface area (Å²) in [6, 6.07) is 0. The first-order chi connectivity index (χ1) is 8.05. The quantitative estimate of drug-likeness (QED) is 0.638. The second-order valence-electron chi connectivity index (χ2n) is 6.04. The van der Waals surface area contributed by atoms with Crippen LogP contribution in [0.15, 0.2) is 21.8 Å². The molecule has 1 fully saturated rings. The molecule has 3 aliphatic rings. The minimum atomic E-state index is -0.244. The van der Waals surface area contributed by atoms with Gasteiger partial charge in [0.1, 0.15) is 0 Å². The molecule has 0 amide bonds. The molecule has 0 N–H and O–H groups in total. The van der Waals surface area contributed by atoms with Gasteiger partial charge >= 0.3 is 0 Å². The predicted molar refractivity (Wildman–Crippen MR) is 63.9 cm³/mol. The van der Waals surface area contributed by atoms with E-state index in [9.17, 15) is 4.79 Å². The van der Waals surface area contributed by atoms with E-state index in [0.717, 1.165) is 17.5 Å². The lowest BCUT2D eigenvalue weighted by atomic mass is 9.68. The Bertz CT molecular complexity index is 590. The van der Waals surface area contributed by atoms with Crippen LogP contribution in [0.3, 0.4) is 0 Å². The smallest absolute Gasteiger partial charge is 0.208 e. The first kappa shape index (κ1) is 9.69. The molecule has 1 aromatic rings. The number of rotatable bonds is 0. The Morgan fingerprint density at radius 2 is 2.18 bits per heavy atom. The monoisotopic (exact) mass is 228 g/mol. The normalized spacial score (nSPS) is 37.9. The molecule has 1 aromatic heterocycles. The van der Waals surface area contributed by atoms with Crippen LogP contribution >= 0.6 is 0 Å². The predicted octanol–water partition coefficient (Wildman–Crippen LogP) is 3.30. The molecule has 4 rings (SSSR count). The van der Waals surface area contributed by atoms with Crippen LogP contribution in [0, 0.1) is 24.2 Å². The van der Waals surface area contributed by atoms with Crippen molar-refractivity contribution in [3.63, 3.8) is 0 Å². The van der Waals surface area contributed by atoms with E-state index in [1.54, 1.807) is 6.26 Å². The van der Waals surface area contributed by atoms with Crippen LogP contribution in [-0.2, 0) is 6.42 Å². The van der Waals surface area contributed by atoms with Gasteiger partial charge in [0.05, 0.1) is 11.7 Å². The molecule has 1 saturated carbocycles. The van der Waals surface area contributed by atoms with Gasteiger partial charge in [0.2, 0.25) is 5.78 Å². The largest absolute Gasteiger partial charge is 0.461 e. The molecule has 88 valence electrons. The molecule has 17 heavy (non-hydrogen) atoms. The number of hydrogen-bond donors (Lipinski definition) is 0. The first-order valence-corrected chi connectivity index (χ1v) is 6.37. The topological polar surface area (TPSA) is 30.2 Å². The van der Waals surface area contributed by atoms with Crippen molar-refractivity contribution in [2.24, 2.45) is 17.3 Å². The van der Waals surface area contributed by atoms with Gasteiger partial charge in [-0.2, -0.15) is 0 Å². The summed E-state index contributed by atoms with van der Waals surface area (Å²) >= 11 is 0. The third-order valence-electron chi connectivity index (χ3n) is 5.33. The van der Waals surface area contributed by atoms with Crippen molar-refractivity contribution < 1.29 is 9.21 Å². The molecule has 3 atom stereocenters. The van der Waals surface area contributed by atoms with Crippen LogP contribution in [0.5, 0.6) is 0 Å². The average molecular weight is 228 g/mol. The van der Waals surface area contributed by atoms with Crippen LogP contribution in [0.1, 0.15) is 41.9 Å². The van der Waals surface area contributed by atoms with E-state index >= 15 is 0 Å². The summed E-state index contributed by atoms with van der Waals surface area (Å²) in [5.74, 6) is 2.10. The van der Waals surface area contributed by atoms with Crippen LogP contribution < -0.4 is 0 Å². The number of furan rings is 1. The summed E-state index contributed by atoms with van der Waals surface area (Å²) in [5.41, 5.74) is 4.88. The van der Waals surface area contributed by atoms with E-state index in [4.69, 9.17) is 4.42 Å². The molecule has 0 aromatic carbocycles. The fraction of sp³-hybridized carbons (Fsp3) is 0.533. The summed E-state index contributed by atoms with van der Waals surface area (Å²) < 4.78 is 5.50. The second kappa shape index (κ2) is 2.58. The number of ketones is 1. The van der Waals surface area contributed by atoms with Crippen molar-refractivity contribution in [3.05, 3.63) is 34.3 Å². The Labute approximate surface area is 101 Å². The number of Topliss-reactive ketones (excluding diaryl/α,β-unsaturated/α-hetero) is 1. The molecule has 2 nitrogen and oxygen atoms in total. The standard InChI is InChI=1S/C15H16O2/c1-7-6-17-13-9(7)4-11-8(2)10-5-12(10)15(11,3)14(13)16/h6,10,12H,4-5H2,1-3H3/t10-,12-,15-/m1/s1. The van der Waals surface area contributed by atoms with Crippen molar-refractivity contribution in [1.29, 1.82) is 0 Å². The first-order valence-electron chi connectivity index (χ1n) is 6.37. The number of allylic oxidation sites excluding steroid dienone is 2. The summed E-state index contributed by atoms with van der Waals surface area (Å²) in [7, 11) is 0. The molecule has 0 saturated heterocycles. The summed E-state index contributed by atoms with van der Waals surface area (Å²) in [6.07, 6.45) is 3.86. The highest BCUT2D eigenvalue weighted by Crippen LogP contribution is 2.67. The maximum Gasteiger partial charge on any atom is 0.208 e. The maximum absolute atomic E-state index is 12.7. The highest BCUT2D eigenvalue weighted by Gasteiger charge is 2.64. The van der Waals surface area contributed by atoms with Crippen molar-refractivity contribution in [1.82, 2.24) is 0 Å². The van der Waals surface area contributed by atoms with Crippen LogP contribution in [0.2, 0.25) is 0 Å². The van der Waals surface area contributed by atoms with Gasteiger partial charge in [-0.15, -0.1) is 0 Å². The van der Waals surface area contributed by atoms with Gasteiger partial charge in [-0.05, 0) is 51.0 Å². The van der Waals surface area contributed by atoms with Gasteiger partial charge < -0.3 is 4.42 Å². The van der Waals surface area contributed by atoms with Crippen molar-refractivity contribution >= 4 is 5.78 Å². The number of carbonyl (C=O) groups excluding carboxylic acids is 1. The van der Waals surface area contributed by atoms with E-state index in [0.29, 0.717) is 17.6 Å². The third-order valence-corrected chi connectivity index (χ3v) is 5.33. The van der Waals surface area contributed by atoms with Crippen molar-refractivity contribution in [3.8, 4) is 0 Å². The highest BCUT2D eigenvalue weighted by molar-refractivity contribution is 6.04. The lowest BCUT2D eigenvalue weighted by Gasteiger charge is -2.32. The Morgan fingerprint density at radius 1 is 1.41 bits per heavy atom. The lowest BCUT2D eigenvalue weighted by Crippen LogP contribution is -2.36. The summed E-state index contributed by atoms with van der Waals surface area (Å²) in [5, 5.41) is 0. The van der Waals surface area contributed by atoms with E-state index in [1.807, 2.05) is 6.92 Å². The Kier molecular flexibility index (Phi) is 1.47. The Morgan fingerprint density at radius 3 is 2.94 bits per heavy atom. The number of hydrogen-bond acceptors (Lipinski definition) is 2. The minimum Gasteiger partial charge on any atom is -0.461 e. The number of carbonyl (C=O) groups is 1. The van der Waals surface area contributed by atoms with Crippen LogP contribution in [0.4, 0.5) is 0 Å². The molecular weight excluding hydrogens is 212 g/mol. The number of aryl methyl sites for hydroxylation is 1. The molecule has 0 spiro atoms. The summed E-state index contributed by atoms with van der Waals surface area (Å²) in [4.78, 5) is 12.7. The van der Waals surface area contributed by atoms with E-state index < -0.39 is 0 Å². The maximum atomic E-state index is 12.7. The van der Waals surface area contributed by atoms with Gasteiger partial charge in [-0.25, -0.2) is 0 Å². The number of fused-ring (bicyclic) bond motifs is 4. The Balaban J connectivity index is 1.99. The lowest BCUT2D eigenvalue weighted by molar-refractivity contribution is 0.0791. The fourth-order valence-corrected chi connectivity index (χ4v) is 4.09. The summed E-state index contributed by atoms with van der Waals surface area (Å²) in [6.45, 7) is 6.38. The zero-order valence-corrected chi connectivity index (χ0v) is 10.5. The van der Waals surface area contributed by atoms with Gasteiger partial charge in [0, 0.05) is 5.56 Å². The molecule has 0 unspecified atom stereocenters. The van der Waals surface area contributed by atoms with Crippen molar-refractivity contribution in [2.45, 2.75) is 33.6 Å². The van der Waals surface area contributed by atoms with Gasteiger partial charge in [-0.3, -0.25) is 4.79 Å². The van der Waals surface area contributed by atoms with Crippen LogP contribution in [-0.4, -0.2) is 5.78 Å². The zero-order valence-electron chi connectivity index (χ0n) is 10.5. The van der Waals surface area contributed by atoms with E-state index in [-0.39, 0.29) is 11.2 Å². The van der Waals surface area contributed by atoms with E-state index in [1.165, 1.54) is 17.6 Å². The average Bonchev–Trinajstić information content (AvgIpc) is 2.98. The molecule has 2 heteroatoms. The molecule has 0 radical (unpaired) electrons. The van der Waals surface area contributed by atoms with Gasteiger partial charge in [0.15, 0.2) is 5.76 Å². The zero-order chi connectivity index (χ0) is 11.9. The molecule has 3 aliphatic carbocycles. The second-order valence-corrected chi connectivity index (χ2v) is 6.04. The third kappa shape index (κ3) is 0.885. The molecule has 0 bridgehead atoms. The van der Waals surface area contributed by atoms with Gasteiger partial charge in [0.25, 0.3) is 0 Å². The van der Waals surface area contributed by atoms with Gasteiger partial charge in [-0.1, -0.05) is 11.1 Å². The highest BCUT2D eigenvalue weighted by atomic mass is 16.3. The molecule has 1 heterocycles. The van der Waals surface area contributed by atoms with Crippen molar-refractivity contribution in [2.75, 3.05) is 0 Å². The van der Waals surface area contributed by atoms with Crippen LogP contribution in [0.25, 0.3) is 0 Å². The molecular formula is C15H16O2. The SMILES string of the molecule is CC1=C2Cc3c(C)coc3C(=O)[C@@]2(C)[C@@H]2C[C@H]12. The fourth-order valence-electron chi connectivity index (χ4n) is 4.09. The molecule has 0 aliphatic heterocycles.